The van der Waals surface area contributed by atoms with Crippen LogP contribution in [0.4, 0.5) is 0 Å². The number of aryl methyl sites for hydroxylation is 2. The molecule has 1 atom stereocenters. The molecule has 4 heterocycles. The molecule has 1 amide bonds. The fraction of sp³-hybridized carbons (Fsp3) is 0.389. The van der Waals surface area contributed by atoms with E-state index >= 15 is 0 Å². The zero-order chi connectivity index (χ0) is 19.0. The number of hydrogen-bond donors (Lipinski definition) is 0. The summed E-state index contributed by atoms with van der Waals surface area (Å²) in [7, 11) is 0. The Kier molecular flexibility index (Phi) is 4.65. The largest absolute Gasteiger partial charge is 0.361 e. The van der Waals surface area contributed by atoms with Crippen molar-refractivity contribution in [2.24, 2.45) is 0 Å². The number of halogens is 1. The summed E-state index contributed by atoms with van der Waals surface area (Å²) in [6, 6.07) is 1.79. The van der Waals surface area contributed by atoms with Crippen molar-refractivity contribution in [3.63, 3.8) is 0 Å². The van der Waals surface area contributed by atoms with Crippen molar-refractivity contribution in [3.8, 4) is 11.4 Å². The summed E-state index contributed by atoms with van der Waals surface area (Å²) in [5, 5.41) is 8.57. The lowest BCUT2D eigenvalue weighted by Gasteiger charge is -2.24. The second-order valence-electron chi connectivity index (χ2n) is 6.61. The summed E-state index contributed by atoms with van der Waals surface area (Å²) in [4.78, 5) is 23.7. The third kappa shape index (κ3) is 3.44. The maximum Gasteiger partial charge on any atom is 0.244 e. The maximum absolute atomic E-state index is 12.8. The third-order valence-electron chi connectivity index (χ3n) is 4.75. The monoisotopic (exact) mass is 386 g/mol. The lowest BCUT2D eigenvalue weighted by atomic mass is 10.1. The van der Waals surface area contributed by atoms with E-state index in [1.54, 1.807) is 17.1 Å². The molecule has 0 aromatic carbocycles. The van der Waals surface area contributed by atoms with Crippen LogP contribution in [0.25, 0.3) is 11.4 Å². The van der Waals surface area contributed by atoms with E-state index in [9.17, 15) is 4.79 Å². The van der Waals surface area contributed by atoms with E-state index in [1.807, 2.05) is 24.8 Å². The van der Waals surface area contributed by atoms with E-state index in [-0.39, 0.29) is 18.5 Å². The number of aromatic nitrogens is 5. The predicted octanol–water partition coefficient (Wildman–Crippen LogP) is 2.96. The number of amides is 1. The van der Waals surface area contributed by atoms with Crippen molar-refractivity contribution in [2.45, 2.75) is 39.3 Å². The standard InChI is InChI=1S/C18H19ClN6O2/c1-11-17(12(2)27-23-11)18-20-6-5-14(22-18)15-4-3-7-25(15)16(26)10-24-9-13(19)8-21-24/h5-6,8-9,15H,3-4,7,10H2,1-2H3/t15-/m1/s1. The molecule has 27 heavy (non-hydrogen) atoms. The summed E-state index contributed by atoms with van der Waals surface area (Å²) >= 11 is 5.88. The first-order valence-corrected chi connectivity index (χ1v) is 9.14. The molecular weight excluding hydrogens is 368 g/mol. The average Bonchev–Trinajstić information content (AvgIpc) is 3.36. The van der Waals surface area contributed by atoms with Crippen LogP contribution in [0.3, 0.4) is 0 Å². The van der Waals surface area contributed by atoms with Gasteiger partial charge in [-0.3, -0.25) is 9.48 Å². The van der Waals surface area contributed by atoms with Crippen LogP contribution in [0, 0.1) is 13.8 Å². The van der Waals surface area contributed by atoms with Gasteiger partial charge in [0, 0.05) is 18.9 Å². The van der Waals surface area contributed by atoms with Crippen LogP contribution in [-0.2, 0) is 11.3 Å². The van der Waals surface area contributed by atoms with E-state index in [0.29, 0.717) is 23.2 Å². The quantitative estimate of drug-likeness (QED) is 0.684. The molecule has 4 rings (SSSR count). The molecular formula is C18H19ClN6O2. The Balaban J connectivity index is 1.59. The second kappa shape index (κ2) is 7.11. The van der Waals surface area contributed by atoms with Gasteiger partial charge in [0.1, 0.15) is 12.3 Å². The van der Waals surface area contributed by atoms with E-state index in [4.69, 9.17) is 21.1 Å². The lowest BCUT2D eigenvalue weighted by molar-refractivity contribution is -0.133. The summed E-state index contributed by atoms with van der Waals surface area (Å²) in [6.07, 6.45) is 6.68. The van der Waals surface area contributed by atoms with Gasteiger partial charge in [-0.25, -0.2) is 9.97 Å². The number of rotatable bonds is 4. The molecule has 9 heteroatoms. The molecule has 1 aliphatic rings. The highest BCUT2D eigenvalue weighted by Crippen LogP contribution is 2.32. The van der Waals surface area contributed by atoms with Gasteiger partial charge < -0.3 is 9.42 Å². The van der Waals surface area contributed by atoms with Crippen molar-refractivity contribution in [2.75, 3.05) is 6.54 Å². The van der Waals surface area contributed by atoms with Crippen molar-refractivity contribution in [3.05, 3.63) is 46.8 Å². The van der Waals surface area contributed by atoms with Crippen LogP contribution >= 0.6 is 11.6 Å². The molecule has 0 N–H and O–H groups in total. The molecule has 1 saturated heterocycles. The van der Waals surface area contributed by atoms with Crippen LogP contribution < -0.4 is 0 Å². The fourth-order valence-electron chi connectivity index (χ4n) is 3.51. The fourth-order valence-corrected chi connectivity index (χ4v) is 3.66. The molecule has 0 aliphatic carbocycles. The molecule has 0 saturated carbocycles. The first kappa shape index (κ1) is 17.7. The summed E-state index contributed by atoms with van der Waals surface area (Å²) in [6.45, 7) is 4.56. The van der Waals surface area contributed by atoms with Gasteiger partial charge in [0.2, 0.25) is 5.91 Å². The summed E-state index contributed by atoms with van der Waals surface area (Å²) in [5.41, 5.74) is 2.38. The van der Waals surface area contributed by atoms with Gasteiger partial charge >= 0.3 is 0 Å². The second-order valence-corrected chi connectivity index (χ2v) is 7.04. The van der Waals surface area contributed by atoms with Gasteiger partial charge in [-0.15, -0.1) is 0 Å². The average molecular weight is 387 g/mol. The molecule has 1 fully saturated rings. The zero-order valence-corrected chi connectivity index (χ0v) is 15.8. The van der Waals surface area contributed by atoms with Crippen LogP contribution in [0.15, 0.2) is 29.2 Å². The minimum Gasteiger partial charge on any atom is -0.361 e. The molecule has 1 aliphatic heterocycles. The Hall–Kier alpha value is -2.74. The molecule has 3 aromatic heterocycles. The Labute approximate surface area is 161 Å². The van der Waals surface area contributed by atoms with Gasteiger partial charge in [0.25, 0.3) is 0 Å². The number of carbonyl (C=O) groups excluding carboxylic acids is 1. The first-order valence-electron chi connectivity index (χ1n) is 8.76. The molecule has 8 nitrogen and oxygen atoms in total. The zero-order valence-electron chi connectivity index (χ0n) is 15.1. The third-order valence-corrected chi connectivity index (χ3v) is 4.94. The Morgan fingerprint density at radius 2 is 2.26 bits per heavy atom. The smallest absolute Gasteiger partial charge is 0.244 e. The van der Waals surface area contributed by atoms with Gasteiger partial charge in [0.15, 0.2) is 5.82 Å². The van der Waals surface area contributed by atoms with Gasteiger partial charge in [0.05, 0.1) is 34.2 Å². The van der Waals surface area contributed by atoms with Gasteiger partial charge in [-0.1, -0.05) is 16.8 Å². The Bertz CT molecular complexity index is 962. The number of hydrogen-bond acceptors (Lipinski definition) is 6. The highest BCUT2D eigenvalue weighted by Gasteiger charge is 2.31. The molecule has 0 unspecified atom stereocenters. The maximum atomic E-state index is 12.8. The summed E-state index contributed by atoms with van der Waals surface area (Å²) < 4.78 is 6.78. The van der Waals surface area contributed by atoms with Crippen molar-refractivity contribution < 1.29 is 9.32 Å². The Morgan fingerprint density at radius 3 is 2.96 bits per heavy atom. The number of carbonyl (C=O) groups is 1. The normalized spacial score (nSPS) is 16.9. The van der Waals surface area contributed by atoms with E-state index in [0.717, 1.165) is 29.8 Å². The molecule has 0 spiro atoms. The SMILES string of the molecule is Cc1noc(C)c1-c1nccc([C@H]2CCCN2C(=O)Cn2cc(Cl)cn2)n1. The highest BCUT2D eigenvalue weighted by molar-refractivity contribution is 6.30. The van der Waals surface area contributed by atoms with Crippen LogP contribution in [0.2, 0.25) is 5.02 Å². The number of nitrogens with zero attached hydrogens (tertiary/aromatic N) is 6. The first-order chi connectivity index (χ1) is 13.0. The topological polar surface area (TPSA) is 89.9 Å². The van der Waals surface area contributed by atoms with Crippen LogP contribution in [0.1, 0.15) is 36.0 Å². The van der Waals surface area contributed by atoms with Crippen LogP contribution in [0.5, 0.6) is 0 Å². The van der Waals surface area contributed by atoms with Crippen molar-refractivity contribution in [1.82, 2.24) is 29.8 Å². The number of likely N-dealkylation sites (tertiary alicyclic amines) is 1. The minimum absolute atomic E-state index is 0.00484. The van der Waals surface area contributed by atoms with Crippen molar-refractivity contribution >= 4 is 17.5 Å². The highest BCUT2D eigenvalue weighted by atomic mass is 35.5. The van der Waals surface area contributed by atoms with Gasteiger partial charge in [-0.05, 0) is 32.8 Å². The van der Waals surface area contributed by atoms with Crippen molar-refractivity contribution in [1.29, 1.82) is 0 Å². The summed E-state index contributed by atoms with van der Waals surface area (Å²) in [5.74, 6) is 1.25. The van der Waals surface area contributed by atoms with E-state index in [1.165, 1.54) is 6.20 Å². The van der Waals surface area contributed by atoms with Gasteiger partial charge in [-0.2, -0.15) is 5.10 Å². The van der Waals surface area contributed by atoms with E-state index < -0.39 is 0 Å². The lowest BCUT2D eigenvalue weighted by Crippen LogP contribution is -2.34. The molecule has 140 valence electrons. The minimum atomic E-state index is -0.0780. The molecule has 3 aromatic rings. The molecule has 0 radical (unpaired) electrons. The predicted molar refractivity (Wildman–Crippen MR) is 97.9 cm³/mol. The van der Waals surface area contributed by atoms with Crippen LogP contribution in [-0.4, -0.2) is 42.3 Å². The van der Waals surface area contributed by atoms with E-state index in [2.05, 4.69) is 15.2 Å². The Morgan fingerprint density at radius 1 is 1.41 bits per heavy atom. The molecule has 0 bridgehead atoms.